The molecule has 0 unspecified atom stereocenters. The van der Waals surface area contributed by atoms with E-state index < -0.39 is 0 Å². The Morgan fingerprint density at radius 3 is 2.53 bits per heavy atom. The van der Waals surface area contributed by atoms with Crippen molar-refractivity contribution < 1.29 is 9.18 Å². The van der Waals surface area contributed by atoms with Crippen molar-refractivity contribution in [1.82, 2.24) is 4.90 Å². The summed E-state index contributed by atoms with van der Waals surface area (Å²) in [5, 5.41) is 0. The second-order valence-electron chi connectivity index (χ2n) is 6.05. The van der Waals surface area contributed by atoms with Crippen molar-refractivity contribution in [3.05, 3.63) is 35.1 Å². The van der Waals surface area contributed by atoms with Crippen LogP contribution in [0.4, 0.5) is 4.39 Å². The Kier molecular flexibility index (Phi) is 2.88. The molecule has 1 amide bonds. The van der Waals surface area contributed by atoms with E-state index >= 15 is 0 Å². The zero-order chi connectivity index (χ0) is 13.6. The van der Waals surface area contributed by atoms with Crippen LogP contribution in [0.1, 0.15) is 61.9 Å². The van der Waals surface area contributed by atoms with Gasteiger partial charge in [-0.3, -0.25) is 4.79 Å². The van der Waals surface area contributed by atoms with E-state index in [0.29, 0.717) is 5.56 Å². The van der Waals surface area contributed by atoms with Crippen molar-refractivity contribution in [2.45, 2.75) is 57.5 Å². The summed E-state index contributed by atoms with van der Waals surface area (Å²) in [4.78, 5) is 14.6. The Morgan fingerprint density at radius 1 is 1.21 bits per heavy atom. The molecule has 1 saturated carbocycles. The minimum absolute atomic E-state index is 0.0758. The van der Waals surface area contributed by atoms with Crippen molar-refractivity contribution in [3.8, 4) is 0 Å². The summed E-state index contributed by atoms with van der Waals surface area (Å²) in [6, 6.07) is 4.80. The van der Waals surface area contributed by atoms with Gasteiger partial charge in [-0.25, -0.2) is 4.39 Å². The largest absolute Gasteiger partial charge is 0.326 e. The molecular formula is C16H20FNO. The lowest BCUT2D eigenvalue weighted by Crippen LogP contribution is -2.48. The standard InChI is InChI=1S/C16H20FNO/c1-11(2)18-15(19)13-7-6-12(17)10-14(13)16(18)8-4-3-5-9-16/h6-7,10-11H,3-5,8-9H2,1-2H3. The van der Waals surface area contributed by atoms with Gasteiger partial charge in [0.2, 0.25) is 0 Å². The number of halogens is 1. The smallest absolute Gasteiger partial charge is 0.255 e. The molecular weight excluding hydrogens is 241 g/mol. The molecule has 0 N–H and O–H groups in total. The van der Waals surface area contributed by atoms with E-state index in [0.717, 1.165) is 31.2 Å². The van der Waals surface area contributed by atoms with Gasteiger partial charge in [0.25, 0.3) is 5.91 Å². The van der Waals surface area contributed by atoms with E-state index in [2.05, 4.69) is 13.8 Å². The van der Waals surface area contributed by atoms with Crippen LogP contribution in [0.2, 0.25) is 0 Å². The normalized spacial score (nSPS) is 21.3. The summed E-state index contributed by atoms with van der Waals surface area (Å²) in [6.07, 6.45) is 5.38. The van der Waals surface area contributed by atoms with E-state index in [4.69, 9.17) is 0 Å². The highest BCUT2D eigenvalue weighted by atomic mass is 19.1. The quantitative estimate of drug-likeness (QED) is 0.752. The van der Waals surface area contributed by atoms with Crippen molar-refractivity contribution in [2.75, 3.05) is 0 Å². The molecule has 0 atom stereocenters. The molecule has 0 saturated heterocycles. The molecule has 1 aromatic carbocycles. The van der Waals surface area contributed by atoms with Gasteiger partial charge in [-0.15, -0.1) is 0 Å². The number of rotatable bonds is 1. The SMILES string of the molecule is CC(C)N1C(=O)c2ccc(F)cc2C12CCCCC2. The zero-order valence-electron chi connectivity index (χ0n) is 11.6. The molecule has 1 aliphatic heterocycles. The van der Waals surface area contributed by atoms with Crippen LogP contribution in [0, 0.1) is 5.82 Å². The molecule has 1 aliphatic carbocycles. The first-order chi connectivity index (χ1) is 9.06. The maximum absolute atomic E-state index is 13.6. The number of carbonyl (C=O) groups is 1. The van der Waals surface area contributed by atoms with E-state index in [9.17, 15) is 9.18 Å². The van der Waals surface area contributed by atoms with Gasteiger partial charge in [-0.1, -0.05) is 19.3 Å². The lowest BCUT2D eigenvalue weighted by molar-refractivity contribution is 0.0289. The van der Waals surface area contributed by atoms with E-state index in [1.54, 1.807) is 12.1 Å². The van der Waals surface area contributed by atoms with Crippen LogP contribution in [0.25, 0.3) is 0 Å². The minimum Gasteiger partial charge on any atom is -0.326 e. The fourth-order valence-electron chi connectivity index (χ4n) is 3.92. The van der Waals surface area contributed by atoms with Gasteiger partial charge in [0, 0.05) is 11.6 Å². The van der Waals surface area contributed by atoms with Crippen molar-refractivity contribution in [2.24, 2.45) is 0 Å². The zero-order valence-corrected chi connectivity index (χ0v) is 11.6. The number of amides is 1. The van der Waals surface area contributed by atoms with Gasteiger partial charge in [0.1, 0.15) is 5.82 Å². The van der Waals surface area contributed by atoms with E-state index in [-0.39, 0.29) is 23.3 Å². The molecule has 102 valence electrons. The molecule has 1 heterocycles. The molecule has 0 aromatic heterocycles. The third kappa shape index (κ3) is 1.71. The highest BCUT2D eigenvalue weighted by Gasteiger charge is 2.50. The van der Waals surface area contributed by atoms with Crippen molar-refractivity contribution in [1.29, 1.82) is 0 Å². The molecule has 3 rings (SSSR count). The number of benzene rings is 1. The van der Waals surface area contributed by atoms with Gasteiger partial charge in [-0.2, -0.15) is 0 Å². The summed E-state index contributed by atoms with van der Waals surface area (Å²) in [5.41, 5.74) is 1.38. The predicted octanol–water partition coefficient (Wildman–Crippen LogP) is 3.85. The third-order valence-corrected chi connectivity index (χ3v) is 4.59. The Bertz CT molecular complexity index is 517. The molecule has 1 aromatic rings. The molecule has 1 fully saturated rings. The maximum atomic E-state index is 13.6. The average molecular weight is 261 g/mol. The summed E-state index contributed by atoms with van der Waals surface area (Å²) >= 11 is 0. The fraction of sp³-hybridized carbons (Fsp3) is 0.562. The van der Waals surface area contributed by atoms with Gasteiger partial charge < -0.3 is 4.90 Å². The van der Waals surface area contributed by atoms with Crippen molar-refractivity contribution >= 4 is 5.91 Å². The fourth-order valence-corrected chi connectivity index (χ4v) is 3.92. The van der Waals surface area contributed by atoms with Gasteiger partial charge in [0.05, 0.1) is 5.54 Å². The highest BCUT2D eigenvalue weighted by molar-refractivity contribution is 6.00. The molecule has 1 spiro atoms. The van der Waals surface area contributed by atoms with Crippen LogP contribution >= 0.6 is 0 Å². The number of fused-ring (bicyclic) bond motifs is 2. The summed E-state index contributed by atoms with van der Waals surface area (Å²) in [5.74, 6) is -0.158. The number of hydrogen-bond acceptors (Lipinski definition) is 1. The van der Waals surface area contributed by atoms with Crippen molar-refractivity contribution in [3.63, 3.8) is 0 Å². The summed E-state index contributed by atoms with van der Waals surface area (Å²) in [6.45, 7) is 4.10. The number of hydrogen-bond donors (Lipinski definition) is 0. The van der Waals surface area contributed by atoms with Crippen LogP contribution in [0.15, 0.2) is 18.2 Å². The second kappa shape index (κ2) is 4.32. The molecule has 2 nitrogen and oxygen atoms in total. The predicted molar refractivity (Wildman–Crippen MR) is 72.5 cm³/mol. The van der Waals surface area contributed by atoms with Crippen LogP contribution < -0.4 is 0 Å². The number of carbonyl (C=O) groups excluding carboxylic acids is 1. The van der Waals surface area contributed by atoms with E-state index in [1.807, 2.05) is 4.90 Å². The summed E-state index contributed by atoms with van der Waals surface area (Å²) in [7, 11) is 0. The molecule has 0 radical (unpaired) electrons. The van der Waals surface area contributed by atoms with E-state index in [1.165, 1.54) is 12.5 Å². The second-order valence-corrected chi connectivity index (χ2v) is 6.05. The Morgan fingerprint density at radius 2 is 1.89 bits per heavy atom. The first kappa shape index (κ1) is 12.6. The number of nitrogens with zero attached hydrogens (tertiary/aromatic N) is 1. The van der Waals surface area contributed by atoms with Gasteiger partial charge >= 0.3 is 0 Å². The van der Waals surface area contributed by atoms with Gasteiger partial charge in [0.15, 0.2) is 0 Å². The minimum atomic E-state index is -0.249. The van der Waals surface area contributed by atoms with Crippen LogP contribution in [-0.2, 0) is 5.54 Å². The lowest BCUT2D eigenvalue weighted by atomic mass is 9.76. The molecule has 0 bridgehead atoms. The molecule has 3 heteroatoms. The Hall–Kier alpha value is -1.38. The molecule has 2 aliphatic rings. The Labute approximate surface area is 113 Å². The first-order valence-corrected chi connectivity index (χ1v) is 7.20. The average Bonchev–Trinajstić information content (AvgIpc) is 2.60. The summed E-state index contributed by atoms with van der Waals surface area (Å²) < 4.78 is 13.6. The third-order valence-electron chi connectivity index (χ3n) is 4.59. The van der Waals surface area contributed by atoms with Crippen LogP contribution in [0.3, 0.4) is 0 Å². The molecule has 19 heavy (non-hydrogen) atoms. The monoisotopic (exact) mass is 261 g/mol. The van der Waals surface area contributed by atoms with Crippen LogP contribution in [0.5, 0.6) is 0 Å². The van der Waals surface area contributed by atoms with Crippen LogP contribution in [-0.4, -0.2) is 16.8 Å². The Balaban J connectivity index is 2.18. The first-order valence-electron chi connectivity index (χ1n) is 7.20. The van der Waals surface area contributed by atoms with Gasteiger partial charge in [-0.05, 0) is 50.5 Å². The lowest BCUT2D eigenvalue weighted by Gasteiger charge is -2.44. The maximum Gasteiger partial charge on any atom is 0.255 e. The highest BCUT2D eigenvalue weighted by Crippen LogP contribution is 2.49. The topological polar surface area (TPSA) is 20.3 Å².